The maximum atomic E-state index is 12.3. The number of carbonyl (C=O) groups excluding carboxylic acids is 1. The van der Waals surface area contributed by atoms with Crippen LogP contribution >= 0.6 is 11.8 Å². The third-order valence-corrected chi connectivity index (χ3v) is 5.77. The third-order valence-electron chi connectivity index (χ3n) is 4.83. The smallest absolute Gasteiger partial charge is 0.234 e. The lowest BCUT2D eigenvalue weighted by Gasteiger charge is -2.26. The summed E-state index contributed by atoms with van der Waals surface area (Å²) < 4.78 is 7.53. The first-order valence-electron chi connectivity index (χ1n) is 9.42. The molecule has 1 aliphatic heterocycles. The molecule has 144 valence electrons. The number of amides is 1. The van der Waals surface area contributed by atoms with Gasteiger partial charge in [-0.2, -0.15) is 0 Å². The SMILES string of the molecule is Cc1nnc(SCC(=O)Nc2ccc(CN3CCOCC3)cc2)n1C1CC1. The number of aryl methyl sites for hydroxylation is 1. The molecule has 1 amide bonds. The van der Waals surface area contributed by atoms with E-state index in [-0.39, 0.29) is 5.91 Å². The second-order valence-corrected chi connectivity index (χ2v) is 8.00. The Bertz CT molecular complexity index is 782. The van der Waals surface area contributed by atoms with Crippen LogP contribution in [-0.4, -0.2) is 57.6 Å². The molecule has 1 saturated heterocycles. The molecule has 1 aromatic heterocycles. The Morgan fingerprint density at radius 2 is 1.96 bits per heavy atom. The lowest BCUT2D eigenvalue weighted by atomic mass is 10.2. The molecule has 8 heteroatoms. The van der Waals surface area contributed by atoms with Gasteiger partial charge in [-0.15, -0.1) is 10.2 Å². The number of hydrogen-bond donors (Lipinski definition) is 1. The summed E-state index contributed by atoms with van der Waals surface area (Å²) in [5.74, 6) is 1.24. The van der Waals surface area contributed by atoms with Gasteiger partial charge in [0.1, 0.15) is 5.82 Å². The Hall–Kier alpha value is -1.90. The molecule has 1 aromatic carbocycles. The number of nitrogens with zero attached hydrogens (tertiary/aromatic N) is 4. The number of rotatable bonds is 7. The number of benzene rings is 1. The van der Waals surface area contributed by atoms with Crippen LogP contribution in [-0.2, 0) is 16.1 Å². The van der Waals surface area contributed by atoms with Gasteiger partial charge < -0.3 is 14.6 Å². The van der Waals surface area contributed by atoms with E-state index in [1.165, 1.54) is 30.2 Å². The van der Waals surface area contributed by atoms with Gasteiger partial charge in [0.15, 0.2) is 5.16 Å². The molecule has 2 aliphatic rings. The average Bonchev–Trinajstić information content (AvgIpc) is 3.45. The van der Waals surface area contributed by atoms with Gasteiger partial charge in [-0.1, -0.05) is 23.9 Å². The summed E-state index contributed by atoms with van der Waals surface area (Å²) >= 11 is 1.45. The van der Waals surface area contributed by atoms with E-state index in [2.05, 4.69) is 37.1 Å². The van der Waals surface area contributed by atoms with Crippen molar-refractivity contribution in [1.82, 2.24) is 19.7 Å². The fourth-order valence-corrected chi connectivity index (χ4v) is 4.09. The van der Waals surface area contributed by atoms with Crippen molar-refractivity contribution in [1.29, 1.82) is 0 Å². The highest BCUT2D eigenvalue weighted by Crippen LogP contribution is 2.38. The zero-order valence-electron chi connectivity index (χ0n) is 15.6. The van der Waals surface area contributed by atoms with Crippen LogP contribution in [0.1, 0.15) is 30.3 Å². The highest BCUT2D eigenvalue weighted by molar-refractivity contribution is 7.99. The molecular formula is C19H25N5O2S. The minimum absolute atomic E-state index is 0.0241. The van der Waals surface area contributed by atoms with Crippen molar-refractivity contribution in [2.24, 2.45) is 0 Å². The highest BCUT2D eigenvalue weighted by Gasteiger charge is 2.28. The molecule has 0 unspecified atom stereocenters. The minimum Gasteiger partial charge on any atom is -0.379 e. The van der Waals surface area contributed by atoms with Gasteiger partial charge in [-0.3, -0.25) is 9.69 Å². The number of ether oxygens (including phenoxy) is 1. The Morgan fingerprint density at radius 3 is 2.67 bits per heavy atom. The van der Waals surface area contributed by atoms with Crippen LogP contribution in [0.25, 0.3) is 0 Å². The van der Waals surface area contributed by atoms with Gasteiger partial charge in [0.25, 0.3) is 0 Å². The molecule has 2 aromatic rings. The molecular weight excluding hydrogens is 362 g/mol. The summed E-state index contributed by atoms with van der Waals surface area (Å²) in [7, 11) is 0. The van der Waals surface area contributed by atoms with Crippen LogP contribution in [0, 0.1) is 6.92 Å². The van der Waals surface area contributed by atoms with Crippen LogP contribution in [0.3, 0.4) is 0 Å². The first-order valence-corrected chi connectivity index (χ1v) is 10.4. The molecule has 2 fully saturated rings. The predicted octanol–water partition coefficient (Wildman–Crippen LogP) is 2.48. The quantitative estimate of drug-likeness (QED) is 0.736. The summed E-state index contributed by atoms with van der Waals surface area (Å²) in [6.45, 7) is 6.44. The summed E-state index contributed by atoms with van der Waals surface area (Å²) in [6.07, 6.45) is 2.35. The van der Waals surface area contributed by atoms with E-state index < -0.39 is 0 Å². The second-order valence-electron chi connectivity index (χ2n) is 7.05. The average molecular weight is 388 g/mol. The summed E-state index contributed by atoms with van der Waals surface area (Å²) in [6, 6.07) is 8.60. The van der Waals surface area contributed by atoms with E-state index >= 15 is 0 Å². The molecule has 0 atom stereocenters. The fraction of sp³-hybridized carbons (Fsp3) is 0.526. The van der Waals surface area contributed by atoms with Gasteiger partial charge in [-0.25, -0.2) is 0 Å². The number of aromatic nitrogens is 3. The first kappa shape index (κ1) is 18.5. The predicted molar refractivity (Wildman–Crippen MR) is 105 cm³/mol. The Balaban J connectivity index is 1.27. The Labute approximate surface area is 163 Å². The van der Waals surface area contributed by atoms with Crippen LogP contribution in [0.2, 0.25) is 0 Å². The van der Waals surface area contributed by atoms with E-state index in [0.29, 0.717) is 11.8 Å². The Morgan fingerprint density at radius 1 is 1.22 bits per heavy atom. The largest absolute Gasteiger partial charge is 0.379 e. The van der Waals surface area contributed by atoms with Crippen molar-refractivity contribution in [3.05, 3.63) is 35.7 Å². The number of thioether (sulfide) groups is 1. The van der Waals surface area contributed by atoms with Gasteiger partial charge in [0.05, 0.1) is 19.0 Å². The minimum atomic E-state index is -0.0241. The number of anilines is 1. The molecule has 0 radical (unpaired) electrons. The number of carbonyl (C=O) groups is 1. The zero-order valence-corrected chi connectivity index (χ0v) is 16.4. The van der Waals surface area contributed by atoms with E-state index in [4.69, 9.17) is 4.74 Å². The van der Waals surface area contributed by atoms with Crippen molar-refractivity contribution in [3.63, 3.8) is 0 Å². The highest BCUT2D eigenvalue weighted by atomic mass is 32.2. The van der Waals surface area contributed by atoms with Crippen molar-refractivity contribution in [3.8, 4) is 0 Å². The monoisotopic (exact) mass is 387 g/mol. The number of nitrogens with one attached hydrogen (secondary N) is 1. The lowest BCUT2D eigenvalue weighted by Crippen LogP contribution is -2.35. The molecule has 0 spiro atoms. The molecule has 7 nitrogen and oxygen atoms in total. The molecule has 1 N–H and O–H groups in total. The topological polar surface area (TPSA) is 72.3 Å². The first-order chi connectivity index (χ1) is 13.2. The maximum absolute atomic E-state index is 12.3. The van der Waals surface area contributed by atoms with Gasteiger partial charge >= 0.3 is 0 Å². The number of morpholine rings is 1. The van der Waals surface area contributed by atoms with Gasteiger partial charge in [0, 0.05) is 31.4 Å². The van der Waals surface area contributed by atoms with E-state index in [0.717, 1.165) is 49.5 Å². The third kappa shape index (κ3) is 4.88. The molecule has 27 heavy (non-hydrogen) atoms. The van der Waals surface area contributed by atoms with E-state index in [1.54, 1.807) is 0 Å². The molecule has 0 bridgehead atoms. The molecule has 4 rings (SSSR count). The lowest BCUT2D eigenvalue weighted by molar-refractivity contribution is -0.113. The van der Waals surface area contributed by atoms with Crippen molar-refractivity contribution in [2.45, 2.75) is 37.5 Å². The molecule has 2 heterocycles. The summed E-state index contributed by atoms with van der Waals surface area (Å²) in [4.78, 5) is 14.7. The normalized spacial score (nSPS) is 17.8. The van der Waals surface area contributed by atoms with Gasteiger partial charge in [0.2, 0.25) is 5.91 Å². The van der Waals surface area contributed by atoms with Crippen LogP contribution in [0.15, 0.2) is 29.4 Å². The van der Waals surface area contributed by atoms with E-state index in [1.807, 2.05) is 19.1 Å². The van der Waals surface area contributed by atoms with Crippen LogP contribution < -0.4 is 5.32 Å². The maximum Gasteiger partial charge on any atom is 0.234 e. The summed E-state index contributed by atoms with van der Waals surface area (Å²) in [5.41, 5.74) is 2.07. The Kier molecular flexibility index (Phi) is 5.75. The van der Waals surface area contributed by atoms with Crippen LogP contribution in [0.5, 0.6) is 0 Å². The second kappa shape index (κ2) is 8.41. The standard InChI is InChI=1S/C19H25N5O2S/c1-14-21-22-19(24(14)17-6-7-17)27-13-18(25)20-16-4-2-15(3-5-16)12-23-8-10-26-11-9-23/h2-5,17H,6-13H2,1H3,(H,20,25). The van der Waals surface area contributed by atoms with Crippen molar-refractivity contribution >= 4 is 23.4 Å². The van der Waals surface area contributed by atoms with Crippen LogP contribution in [0.4, 0.5) is 5.69 Å². The zero-order chi connectivity index (χ0) is 18.6. The van der Waals surface area contributed by atoms with Crippen molar-refractivity contribution in [2.75, 3.05) is 37.4 Å². The van der Waals surface area contributed by atoms with Gasteiger partial charge in [-0.05, 0) is 37.5 Å². The number of hydrogen-bond acceptors (Lipinski definition) is 6. The van der Waals surface area contributed by atoms with E-state index in [9.17, 15) is 4.79 Å². The molecule has 1 aliphatic carbocycles. The van der Waals surface area contributed by atoms with Crippen molar-refractivity contribution < 1.29 is 9.53 Å². The fourth-order valence-electron chi connectivity index (χ4n) is 3.24. The molecule has 1 saturated carbocycles. The summed E-state index contributed by atoms with van der Waals surface area (Å²) in [5, 5.41) is 12.2.